The highest BCUT2D eigenvalue weighted by Crippen LogP contribution is 2.27. The molecule has 0 saturated heterocycles. The van der Waals surface area contributed by atoms with Crippen LogP contribution in [0.2, 0.25) is 5.02 Å². The van der Waals surface area contributed by atoms with Crippen molar-refractivity contribution in [1.82, 2.24) is 9.97 Å². The molecule has 0 atom stereocenters. The average Bonchev–Trinajstić information content (AvgIpc) is 2.49. The van der Waals surface area contributed by atoms with Crippen molar-refractivity contribution in [3.63, 3.8) is 0 Å². The van der Waals surface area contributed by atoms with Gasteiger partial charge in [-0.25, -0.2) is 10.8 Å². The number of nitrogen functional groups attached to an aromatic ring is 1. The normalized spacial score (nSPS) is 10.0. The molecule has 108 valence electrons. The highest BCUT2D eigenvalue weighted by molar-refractivity contribution is 6.32. The molecule has 1 aromatic carbocycles. The predicted molar refractivity (Wildman–Crippen MR) is 75.9 cm³/mol. The molecule has 2 rings (SSSR count). The van der Waals surface area contributed by atoms with Crippen molar-refractivity contribution in [2.45, 2.75) is 0 Å². The van der Waals surface area contributed by atoms with Crippen molar-refractivity contribution in [2.24, 2.45) is 5.84 Å². The third-order valence-corrected chi connectivity index (χ3v) is 2.74. The average molecular weight is 309 g/mol. The number of aromatic nitrogens is 2. The molecule has 21 heavy (non-hydrogen) atoms. The maximum Gasteiger partial charge on any atom is 0.289 e. The Labute approximate surface area is 123 Å². The number of hydrogen-bond acceptors (Lipinski definition) is 7. The number of halogens is 1. The number of amides is 1. The largest absolute Gasteiger partial charge is 0.320 e. The lowest BCUT2D eigenvalue weighted by atomic mass is 10.2. The minimum atomic E-state index is -0.642. The van der Waals surface area contributed by atoms with E-state index in [0.717, 1.165) is 6.07 Å². The van der Waals surface area contributed by atoms with Crippen LogP contribution in [0, 0.1) is 10.1 Å². The first-order chi connectivity index (χ1) is 10.0. The minimum Gasteiger partial charge on any atom is -0.320 e. The first-order valence-corrected chi connectivity index (χ1v) is 5.93. The molecular formula is C11H9ClN6O3. The van der Waals surface area contributed by atoms with Crippen molar-refractivity contribution in [3.8, 4) is 0 Å². The topological polar surface area (TPSA) is 136 Å². The number of carbonyl (C=O) groups excluding carboxylic acids is 1. The molecule has 0 unspecified atom stereocenters. The van der Waals surface area contributed by atoms with Gasteiger partial charge in [-0.1, -0.05) is 11.6 Å². The summed E-state index contributed by atoms with van der Waals surface area (Å²) in [7, 11) is 0. The molecule has 0 fully saturated rings. The van der Waals surface area contributed by atoms with Gasteiger partial charge < -0.3 is 10.7 Å². The summed E-state index contributed by atoms with van der Waals surface area (Å²) in [5, 5.41) is 13.2. The summed E-state index contributed by atoms with van der Waals surface area (Å²) in [6, 6.07) is 3.91. The van der Waals surface area contributed by atoms with Gasteiger partial charge >= 0.3 is 0 Å². The number of nitrogens with one attached hydrogen (secondary N) is 2. The Morgan fingerprint density at radius 2 is 2.14 bits per heavy atom. The van der Waals surface area contributed by atoms with Gasteiger partial charge in [-0.3, -0.25) is 19.9 Å². The van der Waals surface area contributed by atoms with Crippen LogP contribution >= 0.6 is 11.6 Å². The highest BCUT2D eigenvalue weighted by atomic mass is 35.5. The quantitative estimate of drug-likeness (QED) is 0.443. The van der Waals surface area contributed by atoms with Crippen LogP contribution in [0.25, 0.3) is 0 Å². The summed E-state index contributed by atoms with van der Waals surface area (Å²) >= 11 is 5.69. The van der Waals surface area contributed by atoms with E-state index in [4.69, 9.17) is 17.4 Å². The van der Waals surface area contributed by atoms with Crippen LogP contribution in [-0.2, 0) is 0 Å². The first-order valence-electron chi connectivity index (χ1n) is 5.55. The zero-order valence-electron chi connectivity index (χ0n) is 10.4. The lowest BCUT2D eigenvalue weighted by Crippen LogP contribution is -2.16. The zero-order chi connectivity index (χ0) is 15.4. The number of carbonyl (C=O) groups is 1. The summed E-state index contributed by atoms with van der Waals surface area (Å²) < 4.78 is 0. The van der Waals surface area contributed by atoms with Crippen LogP contribution in [0.3, 0.4) is 0 Å². The van der Waals surface area contributed by atoms with Gasteiger partial charge in [0.25, 0.3) is 11.6 Å². The van der Waals surface area contributed by atoms with Crippen LogP contribution in [0.5, 0.6) is 0 Å². The van der Waals surface area contributed by atoms with Gasteiger partial charge in [-0.05, 0) is 12.1 Å². The van der Waals surface area contributed by atoms with Gasteiger partial charge in [0.15, 0.2) is 5.82 Å². The van der Waals surface area contributed by atoms with E-state index in [1.807, 2.05) is 0 Å². The van der Waals surface area contributed by atoms with Crippen molar-refractivity contribution in [3.05, 3.63) is 51.4 Å². The Hall–Kier alpha value is -2.78. The molecule has 0 aliphatic carbocycles. The standard InChI is InChI=1S/C11H9ClN6O3/c12-7-2-1-6(3-9(7)18(20)21)15-11(19)8-4-14-5-10(16-8)17-13/h1-5H,13H2,(H,15,19)(H,16,17). The number of nitro benzene ring substituents is 1. The van der Waals surface area contributed by atoms with E-state index in [1.165, 1.54) is 24.5 Å². The smallest absolute Gasteiger partial charge is 0.289 e. The second-order valence-electron chi connectivity index (χ2n) is 3.81. The summed E-state index contributed by atoms with van der Waals surface area (Å²) in [6.45, 7) is 0. The molecule has 10 heteroatoms. The molecule has 0 aliphatic heterocycles. The monoisotopic (exact) mass is 308 g/mol. The third kappa shape index (κ3) is 3.41. The molecule has 0 spiro atoms. The minimum absolute atomic E-state index is 0.00283. The van der Waals surface area contributed by atoms with Gasteiger partial charge in [0, 0.05) is 11.8 Å². The SMILES string of the molecule is NNc1cncc(C(=O)Nc2ccc(Cl)c([N+](=O)[O-])c2)n1. The van der Waals surface area contributed by atoms with Gasteiger partial charge in [-0.2, -0.15) is 0 Å². The highest BCUT2D eigenvalue weighted by Gasteiger charge is 2.15. The number of benzene rings is 1. The molecule has 1 aromatic heterocycles. The second kappa shape index (κ2) is 6.11. The van der Waals surface area contributed by atoms with E-state index in [1.54, 1.807) is 0 Å². The van der Waals surface area contributed by atoms with Gasteiger partial charge in [0.2, 0.25) is 0 Å². The molecule has 4 N–H and O–H groups in total. The summed E-state index contributed by atoms with van der Waals surface area (Å²) in [6.07, 6.45) is 2.57. The van der Waals surface area contributed by atoms with Crippen molar-refractivity contribution in [1.29, 1.82) is 0 Å². The summed E-state index contributed by atoms with van der Waals surface area (Å²) in [5.74, 6) is 4.79. The van der Waals surface area contributed by atoms with Crippen molar-refractivity contribution in [2.75, 3.05) is 10.7 Å². The lowest BCUT2D eigenvalue weighted by Gasteiger charge is -2.06. The number of hydrogen-bond donors (Lipinski definition) is 3. The fourth-order valence-electron chi connectivity index (χ4n) is 1.47. The Balaban J connectivity index is 2.23. The molecule has 2 aromatic rings. The predicted octanol–water partition coefficient (Wildman–Crippen LogP) is 1.58. The fourth-order valence-corrected chi connectivity index (χ4v) is 1.66. The molecule has 1 heterocycles. The number of anilines is 2. The number of nitrogens with zero attached hydrogens (tertiary/aromatic N) is 3. The maximum atomic E-state index is 12.0. The summed E-state index contributed by atoms with van der Waals surface area (Å²) in [5.41, 5.74) is 2.16. The zero-order valence-corrected chi connectivity index (χ0v) is 11.2. The van der Waals surface area contributed by atoms with Gasteiger partial charge in [0.1, 0.15) is 10.7 Å². The Bertz CT molecular complexity index is 708. The third-order valence-electron chi connectivity index (χ3n) is 2.42. The van der Waals surface area contributed by atoms with Gasteiger partial charge in [-0.15, -0.1) is 0 Å². The van der Waals surface area contributed by atoms with Crippen LogP contribution in [0.1, 0.15) is 10.5 Å². The number of hydrazine groups is 1. The van der Waals surface area contributed by atoms with Crippen LogP contribution in [0.4, 0.5) is 17.2 Å². The van der Waals surface area contributed by atoms with Crippen LogP contribution < -0.4 is 16.6 Å². The molecule has 1 amide bonds. The molecular weight excluding hydrogens is 300 g/mol. The Morgan fingerprint density at radius 3 is 2.81 bits per heavy atom. The molecule has 0 radical (unpaired) electrons. The van der Waals surface area contributed by atoms with E-state index in [-0.39, 0.29) is 27.9 Å². The van der Waals surface area contributed by atoms with E-state index >= 15 is 0 Å². The van der Waals surface area contributed by atoms with Gasteiger partial charge in [0.05, 0.1) is 17.3 Å². The van der Waals surface area contributed by atoms with E-state index in [0.29, 0.717) is 0 Å². The molecule has 0 aliphatic rings. The fraction of sp³-hybridized carbons (Fsp3) is 0. The number of nitro groups is 1. The Morgan fingerprint density at radius 1 is 1.38 bits per heavy atom. The number of rotatable bonds is 4. The first kappa shape index (κ1) is 14.6. The maximum absolute atomic E-state index is 12.0. The lowest BCUT2D eigenvalue weighted by molar-refractivity contribution is -0.384. The summed E-state index contributed by atoms with van der Waals surface area (Å²) in [4.78, 5) is 29.8. The van der Waals surface area contributed by atoms with Crippen molar-refractivity contribution >= 4 is 34.7 Å². The Kier molecular flexibility index (Phi) is 4.26. The van der Waals surface area contributed by atoms with Crippen LogP contribution in [0.15, 0.2) is 30.6 Å². The van der Waals surface area contributed by atoms with E-state index in [9.17, 15) is 14.9 Å². The molecule has 0 saturated carbocycles. The number of nitrogens with two attached hydrogens (primary N) is 1. The van der Waals surface area contributed by atoms with E-state index in [2.05, 4.69) is 20.7 Å². The molecule has 9 nitrogen and oxygen atoms in total. The van der Waals surface area contributed by atoms with Crippen molar-refractivity contribution < 1.29 is 9.72 Å². The van der Waals surface area contributed by atoms with E-state index < -0.39 is 10.8 Å². The second-order valence-corrected chi connectivity index (χ2v) is 4.22. The molecule has 0 bridgehead atoms. The van der Waals surface area contributed by atoms with Crippen LogP contribution in [-0.4, -0.2) is 20.8 Å².